The van der Waals surface area contributed by atoms with Gasteiger partial charge in [0.15, 0.2) is 0 Å². The van der Waals surface area contributed by atoms with Gasteiger partial charge in [0.2, 0.25) is 0 Å². The highest BCUT2D eigenvalue weighted by Gasteiger charge is 2.00. The molecule has 1 aromatic heterocycles. The molecule has 1 N–H and O–H groups in total. The van der Waals surface area contributed by atoms with E-state index in [4.69, 9.17) is 0 Å². The summed E-state index contributed by atoms with van der Waals surface area (Å²) < 4.78 is 2.27. The van der Waals surface area contributed by atoms with Crippen LogP contribution in [0.3, 0.4) is 0 Å². The van der Waals surface area contributed by atoms with Crippen LogP contribution in [0.4, 0.5) is 5.69 Å². The third-order valence-corrected chi connectivity index (χ3v) is 3.19. The van der Waals surface area contributed by atoms with Gasteiger partial charge in [-0.15, -0.1) is 11.3 Å². The first kappa shape index (κ1) is 9.74. The van der Waals surface area contributed by atoms with E-state index in [9.17, 15) is 0 Å². The molecule has 0 bridgehead atoms. The van der Waals surface area contributed by atoms with Crippen LogP contribution in [-0.4, -0.2) is 6.54 Å². The van der Waals surface area contributed by atoms with Crippen molar-refractivity contribution in [2.45, 2.75) is 0 Å². The highest BCUT2D eigenvalue weighted by atomic mass is 79.9. The molecule has 0 aliphatic rings. The highest BCUT2D eigenvalue weighted by Crippen LogP contribution is 2.28. The molecule has 2 aromatic rings. The summed E-state index contributed by atoms with van der Waals surface area (Å²) in [7, 11) is 0. The molecule has 1 heterocycles. The Morgan fingerprint density at radius 1 is 1.43 bits per heavy atom. The predicted octanol–water partition coefficient (Wildman–Crippen LogP) is 4.22. The molecule has 0 amide bonds. The molecule has 1 aromatic carbocycles. The van der Waals surface area contributed by atoms with E-state index < -0.39 is 0 Å². The first-order valence-corrected chi connectivity index (χ1v) is 5.98. The minimum Gasteiger partial charge on any atom is -0.379 e. The van der Waals surface area contributed by atoms with Crippen LogP contribution in [0, 0.1) is 0 Å². The Labute approximate surface area is 95.6 Å². The van der Waals surface area contributed by atoms with Crippen LogP contribution in [0.15, 0.2) is 40.7 Å². The Hall–Kier alpha value is -0.800. The molecular weight excluding hydrogens is 258 g/mol. The number of fused-ring (bicyclic) bond motifs is 1. The largest absolute Gasteiger partial charge is 0.379 e. The zero-order valence-electron chi connectivity index (χ0n) is 7.59. The van der Waals surface area contributed by atoms with Crippen molar-refractivity contribution in [3.63, 3.8) is 0 Å². The van der Waals surface area contributed by atoms with Gasteiger partial charge in [0, 0.05) is 11.0 Å². The van der Waals surface area contributed by atoms with Crippen molar-refractivity contribution in [1.29, 1.82) is 0 Å². The van der Waals surface area contributed by atoms with Gasteiger partial charge >= 0.3 is 0 Å². The molecule has 0 radical (unpaired) electrons. The Morgan fingerprint density at radius 2 is 2.29 bits per heavy atom. The van der Waals surface area contributed by atoms with E-state index in [0.717, 1.165) is 11.0 Å². The molecule has 2 rings (SSSR count). The molecule has 0 atom stereocenters. The van der Waals surface area contributed by atoms with E-state index in [1.807, 2.05) is 0 Å². The van der Waals surface area contributed by atoms with E-state index in [2.05, 4.69) is 57.5 Å². The Kier molecular flexibility index (Phi) is 2.89. The maximum absolute atomic E-state index is 3.80. The number of rotatable bonds is 3. The van der Waals surface area contributed by atoms with E-state index in [1.54, 1.807) is 11.3 Å². The van der Waals surface area contributed by atoms with E-state index in [0.29, 0.717) is 0 Å². The molecule has 72 valence electrons. The minimum atomic E-state index is 0.761. The summed E-state index contributed by atoms with van der Waals surface area (Å²) in [5.74, 6) is 0. The summed E-state index contributed by atoms with van der Waals surface area (Å²) in [5, 5.41) is 6.74. The monoisotopic (exact) mass is 267 g/mol. The van der Waals surface area contributed by atoms with Crippen molar-refractivity contribution in [3.05, 3.63) is 40.7 Å². The highest BCUT2D eigenvalue weighted by molar-refractivity contribution is 9.11. The van der Waals surface area contributed by atoms with Crippen LogP contribution in [-0.2, 0) is 0 Å². The standard InChI is InChI=1S/C11H10BrNS/c1-8(12)7-13-10-4-2-3-9-5-6-14-11(9)10/h2-6,13H,1,7H2. The SMILES string of the molecule is C=C(Br)CNc1cccc2ccsc12. The van der Waals surface area contributed by atoms with Crippen LogP contribution in [0.2, 0.25) is 0 Å². The Morgan fingerprint density at radius 3 is 3.07 bits per heavy atom. The number of nitrogens with one attached hydrogen (secondary N) is 1. The summed E-state index contributed by atoms with van der Waals surface area (Å²) in [6.45, 7) is 4.56. The number of thiophene rings is 1. The maximum atomic E-state index is 3.80. The lowest BCUT2D eigenvalue weighted by molar-refractivity contribution is 1.34. The first-order valence-electron chi connectivity index (χ1n) is 4.31. The normalized spacial score (nSPS) is 10.4. The Bertz CT molecular complexity index is 461. The maximum Gasteiger partial charge on any atom is 0.0574 e. The molecule has 0 spiro atoms. The fraction of sp³-hybridized carbons (Fsp3) is 0.0909. The van der Waals surface area contributed by atoms with E-state index >= 15 is 0 Å². The van der Waals surface area contributed by atoms with Gasteiger partial charge in [0.25, 0.3) is 0 Å². The number of benzene rings is 1. The Balaban J connectivity index is 2.32. The molecule has 3 heteroatoms. The first-order chi connectivity index (χ1) is 6.77. The molecule has 0 unspecified atom stereocenters. The molecule has 0 saturated heterocycles. The number of halogens is 1. The van der Waals surface area contributed by atoms with Gasteiger partial charge in [-0.2, -0.15) is 0 Å². The minimum absolute atomic E-state index is 0.761. The van der Waals surface area contributed by atoms with Crippen molar-refractivity contribution in [1.82, 2.24) is 0 Å². The van der Waals surface area contributed by atoms with Crippen molar-refractivity contribution in [2.75, 3.05) is 11.9 Å². The number of hydrogen-bond acceptors (Lipinski definition) is 2. The second-order valence-corrected chi connectivity index (χ2v) is 5.05. The molecule has 0 saturated carbocycles. The third-order valence-electron chi connectivity index (χ3n) is 1.95. The van der Waals surface area contributed by atoms with E-state index in [-0.39, 0.29) is 0 Å². The molecule has 0 fully saturated rings. The van der Waals surface area contributed by atoms with Crippen LogP contribution in [0.5, 0.6) is 0 Å². The lowest BCUT2D eigenvalue weighted by atomic mass is 10.2. The molecular formula is C11H10BrNS. The summed E-state index contributed by atoms with van der Waals surface area (Å²) in [4.78, 5) is 0. The summed E-state index contributed by atoms with van der Waals surface area (Å²) in [5.41, 5.74) is 1.18. The summed E-state index contributed by atoms with van der Waals surface area (Å²) in [6.07, 6.45) is 0. The average Bonchev–Trinajstić information content (AvgIpc) is 2.62. The van der Waals surface area contributed by atoms with Crippen molar-refractivity contribution in [2.24, 2.45) is 0 Å². The topological polar surface area (TPSA) is 12.0 Å². The van der Waals surface area contributed by atoms with Crippen molar-refractivity contribution in [3.8, 4) is 0 Å². The van der Waals surface area contributed by atoms with Gasteiger partial charge in [-0.05, 0) is 22.9 Å². The zero-order chi connectivity index (χ0) is 9.97. The van der Waals surface area contributed by atoms with Gasteiger partial charge in [0.1, 0.15) is 0 Å². The van der Waals surface area contributed by atoms with Crippen LogP contribution < -0.4 is 5.32 Å². The fourth-order valence-electron chi connectivity index (χ4n) is 1.32. The second kappa shape index (κ2) is 4.15. The molecule has 14 heavy (non-hydrogen) atoms. The quantitative estimate of drug-likeness (QED) is 0.878. The third kappa shape index (κ3) is 1.99. The summed E-state index contributed by atoms with van der Waals surface area (Å²) in [6, 6.07) is 8.41. The van der Waals surface area contributed by atoms with Crippen LogP contribution >= 0.6 is 27.3 Å². The van der Waals surface area contributed by atoms with Gasteiger partial charge in [0.05, 0.1) is 10.4 Å². The molecule has 1 nitrogen and oxygen atoms in total. The lowest BCUT2D eigenvalue weighted by Crippen LogP contribution is -1.99. The smallest absolute Gasteiger partial charge is 0.0574 e. The number of anilines is 1. The van der Waals surface area contributed by atoms with Crippen LogP contribution in [0.25, 0.3) is 10.1 Å². The van der Waals surface area contributed by atoms with Crippen LogP contribution in [0.1, 0.15) is 0 Å². The molecule has 0 aliphatic carbocycles. The number of hydrogen-bond donors (Lipinski definition) is 1. The van der Waals surface area contributed by atoms with Crippen molar-refractivity contribution >= 4 is 43.0 Å². The lowest BCUT2D eigenvalue weighted by Gasteiger charge is -2.05. The average molecular weight is 268 g/mol. The van der Waals surface area contributed by atoms with Gasteiger partial charge < -0.3 is 5.32 Å². The van der Waals surface area contributed by atoms with Crippen molar-refractivity contribution < 1.29 is 0 Å². The van der Waals surface area contributed by atoms with E-state index in [1.165, 1.54) is 15.8 Å². The van der Waals surface area contributed by atoms with Gasteiger partial charge in [-0.25, -0.2) is 0 Å². The van der Waals surface area contributed by atoms with Gasteiger partial charge in [-0.1, -0.05) is 34.6 Å². The predicted molar refractivity (Wildman–Crippen MR) is 68.4 cm³/mol. The summed E-state index contributed by atoms with van der Waals surface area (Å²) >= 11 is 5.09. The molecule has 0 aliphatic heterocycles. The second-order valence-electron chi connectivity index (χ2n) is 3.02. The zero-order valence-corrected chi connectivity index (χ0v) is 9.99. The fourth-order valence-corrected chi connectivity index (χ4v) is 2.35. The van der Waals surface area contributed by atoms with Gasteiger partial charge in [-0.3, -0.25) is 0 Å².